The van der Waals surface area contributed by atoms with Crippen LogP contribution in [0.25, 0.3) is 0 Å². The summed E-state index contributed by atoms with van der Waals surface area (Å²) in [6.45, 7) is 4.54. The van der Waals surface area contributed by atoms with Gasteiger partial charge in [0.25, 0.3) is 0 Å². The molecule has 8 nitrogen and oxygen atoms in total. The van der Waals surface area contributed by atoms with Crippen LogP contribution in [0, 0.1) is 0 Å². The highest BCUT2D eigenvalue weighted by atomic mass is 32.2. The van der Waals surface area contributed by atoms with Crippen molar-refractivity contribution in [3.8, 4) is 5.75 Å². The summed E-state index contributed by atoms with van der Waals surface area (Å²) in [4.78, 5) is 14.4. The van der Waals surface area contributed by atoms with Crippen molar-refractivity contribution in [3.05, 3.63) is 29.8 Å². The number of aromatic nitrogens is 4. The van der Waals surface area contributed by atoms with E-state index in [1.165, 1.54) is 49.7 Å². The first-order valence-corrected chi connectivity index (χ1v) is 10.8. The summed E-state index contributed by atoms with van der Waals surface area (Å²) in [5.74, 6) is 1.16. The fourth-order valence-corrected chi connectivity index (χ4v) is 3.80. The summed E-state index contributed by atoms with van der Waals surface area (Å²) in [6, 6.07) is 8.32. The van der Waals surface area contributed by atoms with E-state index >= 15 is 0 Å². The van der Waals surface area contributed by atoms with Gasteiger partial charge >= 0.3 is 0 Å². The number of tetrazole rings is 1. The minimum atomic E-state index is -0.0310. The summed E-state index contributed by atoms with van der Waals surface area (Å²) >= 11 is 1.32. The lowest BCUT2D eigenvalue weighted by Gasteiger charge is -2.26. The highest BCUT2D eigenvalue weighted by Gasteiger charge is 2.11. The predicted octanol–water partition coefficient (Wildman–Crippen LogP) is 1.87. The van der Waals surface area contributed by atoms with Crippen LogP contribution in [0.1, 0.15) is 31.2 Å². The molecule has 152 valence electrons. The summed E-state index contributed by atoms with van der Waals surface area (Å²) in [5, 5.41) is 14.6. The van der Waals surface area contributed by atoms with E-state index in [0.29, 0.717) is 24.1 Å². The molecule has 0 unspecified atom stereocenters. The second kappa shape index (κ2) is 11.0. The summed E-state index contributed by atoms with van der Waals surface area (Å²) in [5.41, 5.74) is 1.29. The van der Waals surface area contributed by atoms with Crippen molar-refractivity contribution in [2.45, 2.75) is 37.4 Å². The molecular formula is C19H28N6O2S. The highest BCUT2D eigenvalue weighted by molar-refractivity contribution is 7.99. The summed E-state index contributed by atoms with van der Waals surface area (Å²) in [7, 11) is 1.75. The number of aryl methyl sites for hydroxylation is 1. The molecular weight excluding hydrogens is 376 g/mol. The monoisotopic (exact) mass is 404 g/mol. The van der Waals surface area contributed by atoms with Crippen LogP contribution in [0.2, 0.25) is 0 Å². The number of likely N-dealkylation sites (tertiary alicyclic amines) is 1. The zero-order valence-electron chi connectivity index (χ0n) is 16.3. The van der Waals surface area contributed by atoms with Gasteiger partial charge in [-0.25, -0.2) is 4.68 Å². The third kappa shape index (κ3) is 6.79. The van der Waals surface area contributed by atoms with E-state index in [1.807, 2.05) is 6.07 Å². The molecule has 0 spiro atoms. The molecule has 1 N–H and O–H groups in total. The molecule has 0 atom stereocenters. The van der Waals surface area contributed by atoms with Gasteiger partial charge in [-0.15, -0.1) is 5.10 Å². The standard InChI is InChI=1S/C19H28N6O2S/c1-24-19(21-22-23-24)28-15-18(26)20-9-6-12-27-17-8-5-7-16(13-17)14-25-10-3-2-4-11-25/h5,7-8,13H,2-4,6,9-12,14-15H2,1H3,(H,20,26). The third-order valence-corrected chi connectivity index (χ3v) is 5.59. The number of hydrogen-bond donors (Lipinski definition) is 1. The van der Waals surface area contributed by atoms with E-state index < -0.39 is 0 Å². The number of rotatable bonds is 10. The molecule has 0 bridgehead atoms. The van der Waals surface area contributed by atoms with Gasteiger partial charge in [0.15, 0.2) is 0 Å². The van der Waals surface area contributed by atoms with Gasteiger partial charge in [-0.2, -0.15) is 0 Å². The maximum atomic E-state index is 11.9. The maximum absolute atomic E-state index is 11.9. The van der Waals surface area contributed by atoms with E-state index in [0.717, 1.165) is 18.7 Å². The van der Waals surface area contributed by atoms with Crippen LogP contribution in [-0.4, -0.2) is 63.0 Å². The van der Waals surface area contributed by atoms with E-state index in [9.17, 15) is 4.79 Å². The van der Waals surface area contributed by atoms with Gasteiger partial charge in [0.1, 0.15) is 5.75 Å². The van der Waals surface area contributed by atoms with Crippen LogP contribution in [0.3, 0.4) is 0 Å². The average molecular weight is 405 g/mol. The Labute approximate surface area is 170 Å². The molecule has 9 heteroatoms. The van der Waals surface area contributed by atoms with Gasteiger partial charge in [0, 0.05) is 20.1 Å². The molecule has 1 aromatic carbocycles. The smallest absolute Gasteiger partial charge is 0.230 e. The van der Waals surface area contributed by atoms with Gasteiger partial charge in [0.2, 0.25) is 11.1 Å². The van der Waals surface area contributed by atoms with Crippen LogP contribution in [0.5, 0.6) is 5.75 Å². The van der Waals surface area contributed by atoms with E-state index in [2.05, 4.69) is 43.9 Å². The molecule has 0 radical (unpaired) electrons. The lowest BCUT2D eigenvalue weighted by molar-refractivity contribution is -0.118. The van der Waals surface area contributed by atoms with Crippen molar-refractivity contribution in [3.63, 3.8) is 0 Å². The van der Waals surface area contributed by atoms with Crippen molar-refractivity contribution >= 4 is 17.7 Å². The van der Waals surface area contributed by atoms with Gasteiger partial charge in [0.05, 0.1) is 12.4 Å². The van der Waals surface area contributed by atoms with Crippen molar-refractivity contribution in [2.75, 3.05) is 32.0 Å². The normalized spacial score (nSPS) is 14.8. The number of thioether (sulfide) groups is 1. The third-order valence-electron chi connectivity index (χ3n) is 4.58. The summed E-state index contributed by atoms with van der Waals surface area (Å²) in [6.07, 6.45) is 4.72. The molecule has 0 saturated carbocycles. The Balaban J connectivity index is 1.30. The summed E-state index contributed by atoms with van der Waals surface area (Å²) < 4.78 is 7.39. The number of carbonyl (C=O) groups excluding carboxylic acids is 1. The van der Waals surface area contributed by atoms with Crippen molar-refractivity contribution in [1.29, 1.82) is 0 Å². The number of benzene rings is 1. The quantitative estimate of drug-likeness (QED) is 0.478. The molecule has 1 aromatic heterocycles. The topological polar surface area (TPSA) is 85.2 Å². The predicted molar refractivity (Wildman–Crippen MR) is 108 cm³/mol. The number of nitrogens with one attached hydrogen (secondary N) is 1. The molecule has 0 aliphatic carbocycles. The Morgan fingerprint density at radius 1 is 1.29 bits per heavy atom. The fourth-order valence-electron chi connectivity index (χ4n) is 3.12. The zero-order chi connectivity index (χ0) is 19.6. The highest BCUT2D eigenvalue weighted by Crippen LogP contribution is 2.17. The Morgan fingerprint density at radius 2 is 2.14 bits per heavy atom. The number of amides is 1. The van der Waals surface area contributed by atoms with Gasteiger partial charge in [-0.1, -0.05) is 30.3 Å². The number of hydrogen-bond acceptors (Lipinski definition) is 7. The largest absolute Gasteiger partial charge is 0.494 e. The zero-order valence-corrected chi connectivity index (χ0v) is 17.2. The first-order valence-electron chi connectivity index (χ1n) is 9.76. The van der Waals surface area contributed by atoms with Crippen molar-refractivity contribution < 1.29 is 9.53 Å². The molecule has 1 amide bonds. The Bertz CT molecular complexity index is 748. The number of nitrogens with zero attached hydrogens (tertiary/aromatic N) is 5. The molecule has 2 heterocycles. The van der Waals surface area contributed by atoms with Crippen LogP contribution in [0.4, 0.5) is 0 Å². The molecule has 28 heavy (non-hydrogen) atoms. The van der Waals surface area contributed by atoms with Crippen molar-refractivity contribution in [1.82, 2.24) is 30.4 Å². The van der Waals surface area contributed by atoms with Gasteiger partial charge in [-0.3, -0.25) is 9.69 Å². The molecule has 1 saturated heterocycles. The molecule has 1 aliphatic heterocycles. The second-order valence-corrected chi connectivity index (χ2v) is 7.85. The SMILES string of the molecule is Cn1nnnc1SCC(=O)NCCCOc1cccc(CN2CCCCC2)c1. The first-order chi connectivity index (χ1) is 13.7. The van der Waals surface area contributed by atoms with E-state index in [1.54, 1.807) is 11.7 Å². The molecule has 3 rings (SSSR count). The lowest BCUT2D eigenvalue weighted by Crippen LogP contribution is -2.29. The number of ether oxygens (including phenoxy) is 1. The average Bonchev–Trinajstić information content (AvgIpc) is 3.12. The van der Waals surface area contributed by atoms with Gasteiger partial charge < -0.3 is 10.1 Å². The minimum absolute atomic E-state index is 0.0310. The second-order valence-electron chi connectivity index (χ2n) is 6.91. The van der Waals surface area contributed by atoms with Crippen LogP contribution in [-0.2, 0) is 18.4 Å². The molecule has 2 aromatic rings. The van der Waals surface area contributed by atoms with Gasteiger partial charge in [-0.05, 0) is 60.5 Å². The van der Waals surface area contributed by atoms with E-state index in [-0.39, 0.29) is 5.91 Å². The number of piperidine rings is 1. The maximum Gasteiger partial charge on any atom is 0.230 e. The minimum Gasteiger partial charge on any atom is -0.494 e. The molecule has 1 fully saturated rings. The Hall–Kier alpha value is -2.13. The van der Waals surface area contributed by atoms with Crippen LogP contribution < -0.4 is 10.1 Å². The Kier molecular flexibility index (Phi) is 8.10. The van der Waals surface area contributed by atoms with Crippen LogP contribution in [0.15, 0.2) is 29.4 Å². The Morgan fingerprint density at radius 3 is 2.93 bits per heavy atom. The van der Waals surface area contributed by atoms with Crippen molar-refractivity contribution in [2.24, 2.45) is 7.05 Å². The molecule has 1 aliphatic rings. The van der Waals surface area contributed by atoms with Crippen LogP contribution >= 0.6 is 11.8 Å². The number of carbonyl (C=O) groups is 1. The lowest BCUT2D eigenvalue weighted by atomic mass is 10.1. The van der Waals surface area contributed by atoms with E-state index in [4.69, 9.17) is 4.74 Å². The first kappa shape index (κ1) is 20.6. The fraction of sp³-hybridized carbons (Fsp3) is 0.579.